The Labute approximate surface area is 120 Å². The maximum Gasteiger partial charge on any atom is 0.257 e. The molecule has 0 saturated heterocycles. The first-order valence-electron chi connectivity index (χ1n) is 6.06. The van der Waals surface area contributed by atoms with Gasteiger partial charge in [-0.3, -0.25) is 10.1 Å². The van der Waals surface area contributed by atoms with Crippen LogP contribution in [-0.2, 0) is 6.42 Å². The van der Waals surface area contributed by atoms with E-state index in [2.05, 4.69) is 27.4 Å². The first-order chi connectivity index (χ1) is 9.72. The predicted molar refractivity (Wildman–Crippen MR) is 77.6 cm³/mol. The van der Waals surface area contributed by atoms with Gasteiger partial charge in [0.25, 0.3) is 5.91 Å². The number of anilines is 1. The van der Waals surface area contributed by atoms with Crippen molar-refractivity contribution in [2.45, 2.75) is 13.3 Å². The number of aliphatic hydroxyl groups is 1. The molecule has 0 radical (unpaired) electrons. The molecule has 0 unspecified atom stereocenters. The second-order valence-electron chi connectivity index (χ2n) is 3.85. The third kappa shape index (κ3) is 3.63. The van der Waals surface area contributed by atoms with E-state index in [1.165, 1.54) is 11.3 Å². The minimum absolute atomic E-state index is 0.182. The number of nitrogens with zero attached hydrogens (tertiary/aromatic N) is 2. The standard InChI is InChI=1S/C14H13N3O2S/c1-2-12-16-17-14(20-12)15-13(19)11-7-5-10(6-8-11)4-3-9-18/h5-8,18H,2,9H2,1H3,(H,15,17,19). The molecule has 0 atom stereocenters. The molecular weight excluding hydrogens is 274 g/mol. The molecule has 2 N–H and O–H groups in total. The molecule has 2 rings (SSSR count). The summed E-state index contributed by atoms with van der Waals surface area (Å²) in [6.45, 7) is 1.80. The predicted octanol–water partition coefficient (Wildman–Crippen LogP) is 1.70. The Morgan fingerprint density at radius 3 is 2.70 bits per heavy atom. The number of amides is 1. The third-order valence-electron chi connectivity index (χ3n) is 2.45. The van der Waals surface area contributed by atoms with Crippen molar-refractivity contribution in [1.29, 1.82) is 0 Å². The number of nitrogens with one attached hydrogen (secondary N) is 1. The fraction of sp³-hybridized carbons (Fsp3) is 0.214. The summed E-state index contributed by atoms with van der Waals surface area (Å²) in [7, 11) is 0. The van der Waals surface area contributed by atoms with Crippen LogP contribution in [0.25, 0.3) is 0 Å². The number of aliphatic hydroxyl groups excluding tert-OH is 1. The van der Waals surface area contributed by atoms with Crippen LogP contribution in [0.4, 0.5) is 5.13 Å². The second-order valence-corrected chi connectivity index (χ2v) is 4.91. The van der Waals surface area contributed by atoms with E-state index in [-0.39, 0.29) is 12.5 Å². The first-order valence-corrected chi connectivity index (χ1v) is 6.88. The molecule has 0 bridgehead atoms. The lowest BCUT2D eigenvalue weighted by Crippen LogP contribution is -2.11. The monoisotopic (exact) mass is 287 g/mol. The maximum absolute atomic E-state index is 12.0. The SMILES string of the molecule is CCc1nnc(NC(=O)c2ccc(C#CCO)cc2)s1. The van der Waals surface area contributed by atoms with Gasteiger partial charge in [0.2, 0.25) is 5.13 Å². The number of aryl methyl sites for hydroxylation is 1. The van der Waals surface area contributed by atoms with Crippen LogP contribution in [0.5, 0.6) is 0 Å². The zero-order valence-corrected chi connectivity index (χ0v) is 11.7. The van der Waals surface area contributed by atoms with Crippen LogP contribution >= 0.6 is 11.3 Å². The van der Waals surface area contributed by atoms with Crippen molar-refractivity contribution in [1.82, 2.24) is 10.2 Å². The summed E-state index contributed by atoms with van der Waals surface area (Å²) in [5.74, 6) is 5.09. The molecule has 5 nitrogen and oxygen atoms in total. The lowest BCUT2D eigenvalue weighted by molar-refractivity contribution is 0.102. The summed E-state index contributed by atoms with van der Waals surface area (Å²) < 4.78 is 0. The molecule has 1 heterocycles. The summed E-state index contributed by atoms with van der Waals surface area (Å²) in [4.78, 5) is 12.0. The van der Waals surface area contributed by atoms with E-state index in [1.807, 2.05) is 6.92 Å². The van der Waals surface area contributed by atoms with Gasteiger partial charge in [-0.2, -0.15) is 0 Å². The number of rotatable bonds is 3. The molecule has 0 aliphatic rings. The molecule has 6 heteroatoms. The number of hydrogen-bond donors (Lipinski definition) is 2. The quantitative estimate of drug-likeness (QED) is 0.843. The molecule has 0 aliphatic carbocycles. The van der Waals surface area contributed by atoms with Crippen LogP contribution in [0.15, 0.2) is 24.3 Å². The first kappa shape index (κ1) is 14.2. The normalized spacial score (nSPS) is 9.70. The molecular formula is C14H13N3O2S. The van der Waals surface area contributed by atoms with Gasteiger partial charge >= 0.3 is 0 Å². The highest BCUT2D eigenvalue weighted by atomic mass is 32.1. The van der Waals surface area contributed by atoms with Gasteiger partial charge in [0, 0.05) is 11.1 Å². The number of carbonyl (C=O) groups is 1. The largest absolute Gasteiger partial charge is 0.384 e. The molecule has 1 aromatic heterocycles. The molecule has 0 spiro atoms. The average Bonchev–Trinajstić information content (AvgIpc) is 2.93. The number of aromatic nitrogens is 2. The van der Waals surface area contributed by atoms with Crippen molar-refractivity contribution in [3.05, 3.63) is 40.4 Å². The Morgan fingerprint density at radius 2 is 2.10 bits per heavy atom. The highest BCUT2D eigenvalue weighted by Crippen LogP contribution is 2.16. The van der Waals surface area contributed by atoms with Crippen LogP contribution in [0.2, 0.25) is 0 Å². The summed E-state index contributed by atoms with van der Waals surface area (Å²) in [5, 5.41) is 20.5. The highest BCUT2D eigenvalue weighted by Gasteiger charge is 2.09. The lowest BCUT2D eigenvalue weighted by Gasteiger charge is -2.00. The van der Waals surface area contributed by atoms with Gasteiger partial charge in [0.05, 0.1) is 0 Å². The fourth-order valence-electron chi connectivity index (χ4n) is 1.46. The van der Waals surface area contributed by atoms with E-state index in [9.17, 15) is 4.79 Å². The fourth-order valence-corrected chi connectivity index (χ4v) is 2.14. The van der Waals surface area contributed by atoms with Crippen molar-refractivity contribution >= 4 is 22.4 Å². The van der Waals surface area contributed by atoms with Gasteiger partial charge in [-0.15, -0.1) is 10.2 Å². The maximum atomic E-state index is 12.0. The molecule has 0 aliphatic heterocycles. The molecule has 0 fully saturated rings. The van der Waals surface area contributed by atoms with Crippen molar-refractivity contribution in [2.75, 3.05) is 11.9 Å². The minimum atomic E-state index is -0.231. The molecule has 102 valence electrons. The smallest absolute Gasteiger partial charge is 0.257 e. The molecule has 2 aromatic rings. The molecule has 1 amide bonds. The Hall–Kier alpha value is -2.23. The van der Waals surface area contributed by atoms with Gasteiger partial charge in [-0.25, -0.2) is 0 Å². The average molecular weight is 287 g/mol. The van der Waals surface area contributed by atoms with Crippen LogP contribution in [0.3, 0.4) is 0 Å². The Bertz CT molecular complexity index is 653. The van der Waals surface area contributed by atoms with Gasteiger partial charge in [0.15, 0.2) is 0 Å². The molecule has 0 saturated carbocycles. The second kappa shape index (κ2) is 6.80. The van der Waals surface area contributed by atoms with E-state index in [0.29, 0.717) is 10.7 Å². The topological polar surface area (TPSA) is 75.1 Å². The van der Waals surface area contributed by atoms with E-state index >= 15 is 0 Å². The van der Waals surface area contributed by atoms with Crippen molar-refractivity contribution < 1.29 is 9.90 Å². The molecule has 20 heavy (non-hydrogen) atoms. The summed E-state index contributed by atoms with van der Waals surface area (Å²) in [6.07, 6.45) is 0.797. The number of hydrogen-bond acceptors (Lipinski definition) is 5. The summed E-state index contributed by atoms with van der Waals surface area (Å²) >= 11 is 1.37. The van der Waals surface area contributed by atoms with Crippen LogP contribution in [0.1, 0.15) is 27.9 Å². The number of benzene rings is 1. The van der Waals surface area contributed by atoms with Gasteiger partial charge in [0.1, 0.15) is 11.6 Å². The van der Waals surface area contributed by atoms with Gasteiger partial charge < -0.3 is 5.11 Å². The highest BCUT2D eigenvalue weighted by molar-refractivity contribution is 7.15. The van der Waals surface area contributed by atoms with E-state index in [4.69, 9.17) is 5.11 Å². The Morgan fingerprint density at radius 1 is 1.35 bits per heavy atom. The van der Waals surface area contributed by atoms with Gasteiger partial charge in [-0.1, -0.05) is 30.1 Å². The van der Waals surface area contributed by atoms with Crippen molar-refractivity contribution in [3.63, 3.8) is 0 Å². The van der Waals surface area contributed by atoms with Gasteiger partial charge in [-0.05, 0) is 30.7 Å². The Kier molecular flexibility index (Phi) is 4.82. The van der Waals surface area contributed by atoms with Crippen LogP contribution in [0, 0.1) is 11.8 Å². The van der Waals surface area contributed by atoms with E-state index in [0.717, 1.165) is 17.0 Å². The zero-order valence-electron chi connectivity index (χ0n) is 10.9. The summed E-state index contributed by atoms with van der Waals surface area (Å²) in [5.41, 5.74) is 1.27. The minimum Gasteiger partial charge on any atom is -0.384 e. The molecule has 1 aromatic carbocycles. The summed E-state index contributed by atoms with van der Waals surface area (Å²) in [6, 6.07) is 6.82. The zero-order chi connectivity index (χ0) is 14.4. The van der Waals surface area contributed by atoms with E-state index < -0.39 is 0 Å². The number of carbonyl (C=O) groups excluding carboxylic acids is 1. The Balaban J connectivity index is 2.05. The van der Waals surface area contributed by atoms with E-state index in [1.54, 1.807) is 24.3 Å². The van der Waals surface area contributed by atoms with Crippen LogP contribution < -0.4 is 5.32 Å². The third-order valence-corrected chi connectivity index (χ3v) is 3.43. The van der Waals surface area contributed by atoms with Crippen molar-refractivity contribution in [2.24, 2.45) is 0 Å². The lowest BCUT2D eigenvalue weighted by atomic mass is 10.1. The van der Waals surface area contributed by atoms with Crippen LogP contribution in [-0.4, -0.2) is 27.8 Å². The van der Waals surface area contributed by atoms with Crippen molar-refractivity contribution in [3.8, 4) is 11.8 Å².